The van der Waals surface area contributed by atoms with Gasteiger partial charge in [-0.05, 0) is 44.1 Å². The molecule has 0 aromatic heterocycles. The molecule has 30 heavy (non-hydrogen) atoms. The largest absolute Gasteiger partial charge is 0.394 e. The van der Waals surface area contributed by atoms with Gasteiger partial charge in [0.2, 0.25) is 5.91 Å². The molecule has 0 aliphatic heterocycles. The fourth-order valence-corrected chi connectivity index (χ4v) is 3.72. The van der Waals surface area contributed by atoms with Gasteiger partial charge in [-0.2, -0.15) is 0 Å². The monoisotopic (exact) mass is 415 g/mol. The van der Waals surface area contributed by atoms with E-state index < -0.39 is 0 Å². The van der Waals surface area contributed by atoms with E-state index in [2.05, 4.69) is 24.4 Å². The van der Waals surface area contributed by atoms with Gasteiger partial charge in [-0.15, -0.1) is 0 Å². The van der Waals surface area contributed by atoms with Crippen molar-refractivity contribution in [1.29, 1.82) is 0 Å². The Morgan fingerprint density at radius 2 is 1.43 bits per heavy atom. The third kappa shape index (κ3) is 15.3. The van der Waals surface area contributed by atoms with Crippen LogP contribution in [0, 0.1) is 0 Å². The lowest BCUT2D eigenvalue weighted by atomic mass is 10.1. The minimum Gasteiger partial charge on any atom is -0.394 e. The Labute approximate surface area is 185 Å². The molecule has 1 aromatic carbocycles. The Balaban J connectivity index is 1.93. The number of hydrogen-bond acceptors (Lipinski definition) is 2. The summed E-state index contributed by atoms with van der Waals surface area (Å²) in [5.74, 6) is 0.0580. The van der Waals surface area contributed by atoms with Crippen LogP contribution in [0.4, 0.5) is 0 Å². The molecule has 0 saturated carbocycles. The SMILES string of the molecule is CCCCCCCCC=CCCCCCCCC(=O)N[C@H](CO)Cc1ccccc1. The van der Waals surface area contributed by atoms with E-state index in [1.165, 1.54) is 70.6 Å². The number of benzene rings is 1. The maximum Gasteiger partial charge on any atom is 0.220 e. The number of unbranched alkanes of at least 4 members (excludes halogenated alkanes) is 11. The summed E-state index contributed by atoms with van der Waals surface area (Å²) in [7, 11) is 0. The van der Waals surface area contributed by atoms with Crippen molar-refractivity contribution < 1.29 is 9.90 Å². The summed E-state index contributed by atoms with van der Waals surface area (Å²) in [4.78, 5) is 12.1. The first-order chi connectivity index (χ1) is 14.8. The van der Waals surface area contributed by atoms with Crippen LogP contribution in [-0.2, 0) is 11.2 Å². The zero-order valence-corrected chi connectivity index (χ0v) is 19.3. The summed E-state index contributed by atoms with van der Waals surface area (Å²) < 4.78 is 0. The number of hydrogen-bond donors (Lipinski definition) is 2. The summed E-state index contributed by atoms with van der Waals surface area (Å²) >= 11 is 0. The summed E-state index contributed by atoms with van der Waals surface area (Å²) in [6, 6.07) is 9.80. The molecule has 1 atom stereocenters. The fraction of sp³-hybridized carbons (Fsp3) is 0.667. The van der Waals surface area contributed by atoms with Gasteiger partial charge < -0.3 is 10.4 Å². The quantitative estimate of drug-likeness (QED) is 0.194. The molecule has 1 aromatic rings. The lowest BCUT2D eigenvalue weighted by Gasteiger charge is -2.16. The van der Waals surface area contributed by atoms with E-state index in [1.807, 2.05) is 30.3 Å². The standard InChI is InChI=1S/C27H45NO2/c1-2-3-4-5-6-7-8-9-10-11-12-13-14-15-19-22-27(30)28-26(24-29)23-25-20-17-16-18-21-25/h9-10,16-18,20-21,26,29H,2-8,11-15,19,22-24H2,1H3,(H,28,30)/t26-/m0/s1. The number of nitrogens with one attached hydrogen (secondary N) is 1. The number of aliphatic hydroxyl groups excluding tert-OH is 1. The summed E-state index contributed by atoms with van der Waals surface area (Å²) in [5.41, 5.74) is 1.14. The van der Waals surface area contributed by atoms with E-state index in [0.29, 0.717) is 12.8 Å². The topological polar surface area (TPSA) is 49.3 Å². The Morgan fingerprint density at radius 3 is 2.03 bits per heavy atom. The Kier molecular flexibility index (Phi) is 17.1. The lowest BCUT2D eigenvalue weighted by Crippen LogP contribution is -2.38. The Morgan fingerprint density at radius 1 is 0.867 bits per heavy atom. The van der Waals surface area contributed by atoms with Crippen LogP contribution in [0.3, 0.4) is 0 Å². The second-order valence-electron chi connectivity index (χ2n) is 8.47. The molecule has 0 saturated heterocycles. The zero-order chi connectivity index (χ0) is 21.7. The highest BCUT2D eigenvalue weighted by molar-refractivity contribution is 5.76. The van der Waals surface area contributed by atoms with Crippen LogP contribution >= 0.6 is 0 Å². The normalized spacial score (nSPS) is 12.3. The number of aliphatic hydroxyl groups is 1. The molecule has 3 heteroatoms. The van der Waals surface area contributed by atoms with E-state index in [0.717, 1.165) is 18.4 Å². The molecule has 0 aliphatic rings. The number of carbonyl (C=O) groups is 1. The molecule has 3 nitrogen and oxygen atoms in total. The van der Waals surface area contributed by atoms with Crippen molar-refractivity contribution in [3.8, 4) is 0 Å². The molecule has 2 N–H and O–H groups in total. The predicted molar refractivity (Wildman–Crippen MR) is 129 cm³/mol. The van der Waals surface area contributed by atoms with Crippen LogP contribution in [-0.4, -0.2) is 23.7 Å². The van der Waals surface area contributed by atoms with Gasteiger partial charge in [-0.1, -0.05) is 101 Å². The molecule has 0 fully saturated rings. The molecule has 0 unspecified atom stereocenters. The molecule has 0 aliphatic carbocycles. The van der Waals surface area contributed by atoms with Crippen LogP contribution in [0.2, 0.25) is 0 Å². The predicted octanol–water partition coefficient (Wildman–Crippen LogP) is 6.74. The van der Waals surface area contributed by atoms with E-state index in [9.17, 15) is 9.90 Å². The molecular weight excluding hydrogens is 370 g/mol. The van der Waals surface area contributed by atoms with Crippen LogP contribution in [0.5, 0.6) is 0 Å². The van der Waals surface area contributed by atoms with Crippen LogP contribution in [0.25, 0.3) is 0 Å². The molecule has 1 amide bonds. The van der Waals surface area contributed by atoms with Crippen molar-refractivity contribution in [3.05, 3.63) is 48.0 Å². The highest BCUT2D eigenvalue weighted by Gasteiger charge is 2.11. The highest BCUT2D eigenvalue weighted by Crippen LogP contribution is 2.10. The van der Waals surface area contributed by atoms with Gasteiger partial charge in [0, 0.05) is 6.42 Å². The Hall–Kier alpha value is -1.61. The first kappa shape index (κ1) is 26.4. The molecular formula is C27H45NO2. The third-order valence-corrected chi connectivity index (χ3v) is 5.58. The lowest BCUT2D eigenvalue weighted by molar-refractivity contribution is -0.122. The number of amides is 1. The van der Waals surface area contributed by atoms with Crippen molar-refractivity contribution in [2.24, 2.45) is 0 Å². The van der Waals surface area contributed by atoms with Gasteiger partial charge in [0.05, 0.1) is 12.6 Å². The van der Waals surface area contributed by atoms with Crippen LogP contribution in [0.1, 0.15) is 102 Å². The summed E-state index contributed by atoms with van der Waals surface area (Å²) in [6.07, 6.45) is 22.3. The average molecular weight is 416 g/mol. The van der Waals surface area contributed by atoms with Gasteiger partial charge in [0.15, 0.2) is 0 Å². The first-order valence-electron chi connectivity index (χ1n) is 12.4. The summed E-state index contributed by atoms with van der Waals surface area (Å²) in [5, 5.41) is 12.5. The molecule has 170 valence electrons. The molecule has 0 radical (unpaired) electrons. The van der Waals surface area contributed by atoms with Crippen molar-refractivity contribution in [2.45, 2.75) is 109 Å². The minimum absolute atomic E-state index is 0.0208. The van der Waals surface area contributed by atoms with Crippen LogP contribution < -0.4 is 5.32 Å². The number of allylic oxidation sites excluding steroid dienone is 2. The van der Waals surface area contributed by atoms with Gasteiger partial charge in [-0.25, -0.2) is 0 Å². The fourth-order valence-electron chi connectivity index (χ4n) is 3.72. The minimum atomic E-state index is -0.192. The van der Waals surface area contributed by atoms with Crippen molar-refractivity contribution in [1.82, 2.24) is 5.32 Å². The van der Waals surface area contributed by atoms with Gasteiger partial charge in [0.1, 0.15) is 0 Å². The van der Waals surface area contributed by atoms with E-state index in [-0.39, 0.29) is 18.6 Å². The van der Waals surface area contributed by atoms with Crippen LogP contribution in [0.15, 0.2) is 42.5 Å². The zero-order valence-electron chi connectivity index (χ0n) is 19.3. The van der Waals surface area contributed by atoms with Crippen molar-refractivity contribution in [3.63, 3.8) is 0 Å². The van der Waals surface area contributed by atoms with Gasteiger partial charge in [0.25, 0.3) is 0 Å². The van der Waals surface area contributed by atoms with Crippen molar-refractivity contribution in [2.75, 3.05) is 6.61 Å². The Bertz CT molecular complexity index is 541. The molecule has 1 rings (SSSR count). The smallest absolute Gasteiger partial charge is 0.220 e. The molecule has 0 bridgehead atoms. The van der Waals surface area contributed by atoms with Gasteiger partial charge in [-0.3, -0.25) is 4.79 Å². The second-order valence-corrected chi connectivity index (χ2v) is 8.47. The maximum atomic E-state index is 12.1. The highest BCUT2D eigenvalue weighted by atomic mass is 16.3. The third-order valence-electron chi connectivity index (χ3n) is 5.58. The van der Waals surface area contributed by atoms with E-state index >= 15 is 0 Å². The van der Waals surface area contributed by atoms with E-state index in [1.54, 1.807) is 0 Å². The average Bonchev–Trinajstić information content (AvgIpc) is 2.76. The summed E-state index contributed by atoms with van der Waals surface area (Å²) in [6.45, 7) is 2.24. The van der Waals surface area contributed by atoms with Crippen molar-refractivity contribution >= 4 is 5.91 Å². The first-order valence-corrected chi connectivity index (χ1v) is 12.4. The number of carbonyl (C=O) groups excluding carboxylic acids is 1. The molecule has 0 heterocycles. The van der Waals surface area contributed by atoms with Gasteiger partial charge >= 0.3 is 0 Å². The maximum absolute atomic E-state index is 12.1. The number of rotatable bonds is 19. The molecule has 0 spiro atoms. The second kappa shape index (κ2) is 19.4. The van der Waals surface area contributed by atoms with E-state index in [4.69, 9.17) is 0 Å².